The van der Waals surface area contributed by atoms with Crippen LogP contribution in [0.5, 0.6) is 0 Å². The molecule has 0 amide bonds. The van der Waals surface area contributed by atoms with E-state index in [9.17, 15) is 4.57 Å². The van der Waals surface area contributed by atoms with Gasteiger partial charge in [-0.3, -0.25) is 4.57 Å². The largest absolute Gasteiger partial charge is 0.327 e. The van der Waals surface area contributed by atoms with Crippen molar-refractivity contribution in [2.45, 2.75) is 32.3 Å². The molecule has 0 heterocycles. The van der Waals surface area contributed by atoms with E-state index in [1.54, 1.807) is 20.8 Å². The zero-order valence-electron chi connectivity index (χ0n) is 7.28. The average molecular weight is 180 g/mol. The third-order valence-electron chi connectivity index (χ3n) is 1.47. The molecule has 0 aliphatic heterocycles. The van der Waals surface area contributed by atoms with Crippen molar-refractivity contribution in [1.29, 1.82) is 0 Å². The first kappa shape index (κ1) is 11.1. The van der Waals surface area contributed by atoms with Crippen molar-refractivity contribution in [3.8, 4) is 0 Å². The Balaban J connectivity index is 4.40. The van der Waals surface area contributed by atoms with Gasteiger partial charge >= 0.3 is 0 Å². The molecule has 4 N–H and O–H groups in total. The second-order valence-electron chi connectivity index (χ2n) is 2.54. The average Bonchev–Trinajstić information content (AvgIpc) is 1.87. The molecule has 0 aromatic carbocycles. The van der Waals surface area contributed by atoms with Crippen molar-refractivity contribution >= 4 is 7.37 Å². The maximum atomic E-state index is 11.7. The quantitative estimate of drug-likeness (QED) is 0.630. The number of nitrogens with two attached hydrogens (primary N) is 2. The van der Waals surface area contributed by atoms with Crippen LogP contribution in [0.3, 0.4) is 0 Å². The summed E-state index contributed by atoms with van der Waals surface area (Å²) in [6.07, 6.45) is 0. The molecule has 0 spiro atoms. The minimum atomic E-state index is -2.81. The zero-order valence-corrected chi connectivity index (χ0v) is 8.17. The molecule has 0 saturated heterocycles. The maximum Gasteiger partial charge on any atom is 0.234 e. The molecule has 2 unspecified atom stereocenters. The summed E-state index contributed by atoms with van der Waals surface area (Å²) in [6.45, 7) is 5.47. The van der Waals surface area contributed by atoms with E-state index in [1.165, 1.54) is 0 Å². The molecule has 68 valence electrons. The van der Waals surface area contributed by atoms with Gasteiger partial charge in [-0.2, -0.15) is 0 Å². The predicted octanol–water partition coefficient (Wildman–Crippen LogP) is 0.910. The van der Waals surface area contributed by atoms with Crippen molar-refractivity contribution in [1.82, 2.24) is 0 Å². The summed E-state index contributed by atoms with van der Waals surface area (Å²) in [5, 5.41) is 0. The van der Waals surface area contributed by atoms with E-state index in [-0.39, 0.29) is 0 Å². The third kappa shape index (κ3) is 2.56. The summed E-state index contributed by atoms with van der Waals surface area (Å²) < 4.78 is 16.8. The van der Waals surface area contributed by atoms with Gasteiger partial charge in [0.1, 0.15) is 0 Å². The first-order valence-electron chi connectivity index (χ1n) is 3.70. The van der Waals surface area contributed by atoms with Crippen molar-refractivity contribution in [2.24, 2.45) is 11.5 Å². The van der Waals surface area contributed by atoms with Gasteiger partial charge in [-0.05, 0) is 20.8 Å². The van der Waals surface area contributed by atoms with Crippen LogP contribution in [0, 0.1) is 0 Å². The summed E-state index contributed by atoms with van der Waals surface area (Å²) >= 11 is 0. The molecule has 0 aliphatic carbocycles. The molecule has 11 heavy (non-hydrogen) atoms. The van der Waals surface area contributed by atoms with E-state index >= 15 is 0 Å². The first-order chi connectivity index (χ1) is 4.95. The van der Waals surface area contributed by atoms with Crippen LogP contribution >= 0.6 is 7.37 Å². The smallest absolute Gasteiger partial charge is 0.234 e. The monoisotopic (exact) mass is 180 g/mol. The summed E-state index contributed by atoms with van der Waals surface area (Å²) in [5.74, 6) is -0.968. The summed E-state index contributed by atoms with van der Waals surface area (Å²) in [5.41, 5.74) is 11.0. The molecule has 0 rings (SSSR count). The summed E-state index contributed by atoms with van der Waals surface area (Å²) in [4.78, 5) is 0. The molecule has 0 aromatic heterocycles. The Morgan fingerprint density at radius 2 is 1.73 bits per heavy atom. The van der Waals surface area contributed by atoms with E-state index in [2.05, 4.69) is 0 Å². The lowest BCUT2D eigenvalue weighted by atomic mass is 10.8. The highest BCUT2D eigenvalue weighted by Crippen LogP contribution is 2.52. The minimum absolute atomic E-state index is 0.389. The molecule has 0 bridgehead atoms. The van der Waals surface area contributed by atoms with Crippen LogP contribution in [0.1, 0.15) is 20.8 Å². The minimum Gasteiger partial charge on any atom is -0.327 e. The molecule has 4 nitrogen and oxygen atoms in total. The van der Waals surface area contributed by atoms with Crippen molar-refractivity contribution in [2.75, 3.05) is 6.61 Å². The van der Waals surface area contributed by atoms with E-state index < -0.39 is 18.9 Å². The van der Waals surface area contributed by atoms with Gasteiger partial charge in [0.15, 0.2) is 0 Å². The lowest BCUT2D eigenvalue weighted by molar-refractivity contribution is 0.320. The van der Waals surface area contributed by atoms with Crippen LogP contribution in [0.15, 0.2) is 0 Å². The van der Waals surface area contributed by atoms with Gasteiger partial charge in [0.05, 0.1) is 18.2 Å². The van der Waals surface area contributed by atoms with Crippen LogP contribution < -0.4 is 11.5 Å². The fourth-order valence-electron chi connectivity index (χ4n) is 0.808. The number of hydrogen-bond donors (Lipinski definition) is 2. The highest BCUT2D eigenvalue weighted by atomic mass is 31.2. The fourth-order valence-corrected chi connectivity index (χ4v) is 2.42. The molecule has 0 aromatic rings. The number of hydrogen-bond acceptors (Lipinski definition) is 4. The van der Waals surface area contributed by atoms with Crippen LogP contribution in [0.2, 0.25) is 0 Å². The lowest BCUT2D eigenvalue weighted by Gasteiger charge is -2.24. The third-order valence-corrected chi connectivity index (χ3v) is 4.40. The van der Waals surface area contributed by atoms with Crippen LogP contribution in [-0.2, 0) is 9.09 Å². The van der Waals surface area contributed by atoms with Gasteiger partial charge in [0.25, 0.3) is 0 Å². The molecular formula is C6H17N2O2P. The van der Waals surface area contributed by atoms with Crippen molar-refractivity contribution in [3.63, 3.8) is 0 Å². The Hall–Kier alpha value is 0.110. The van der Waals surface area contributed by atoms with E-state index in [1.807, 2.05) is 0 Å². The molecule has 2 atom stereocenters. The van der Waals surface area contributed by atoms with Gasteiger partial charge in [0.2, 0.25) is 7.37 Å². The molecule has 0 fully saturated rings. The normalized spacial score (nSPS) is 22.3. The Morgan fingerprint density at radius 3 is 1.82 bits per heavy atom. The Morgan fingerprint density at radius 1 is 1.36 bits per heavy atom. The lowest BCUT2D eigenvalue weighted by Crippen LogP contribution is -2.28. The Labute approximate surface area is 67.7 Å². The zero-order chi connectivity index (χ0) is 9.07. The first-order valence-corrected chi connectivity index (χ1v) is 5.46. The van der Waals surface area contributed by atoms with E-state index in [0.29, 0.717) is 6.61 Å². The highest BCUT2D eigenvalue weighted by Gasteiger charge is 2.31. The van der Waals surface area contributed by atoms with Gasteiger partial charge in [-0.15, -0.1) is 0 Å². The van der Waals surface area contributed by atoms with Crippen LogP contribution in [0.25, 0.3) is 0 Å². The maximum absolute atomic E-state index is 11.7. The second-order valence-corrected chi connectivity index (χ2v) is 5.72. The highest BCUT2D eigenvalue weighted by molar-refractivity contribution is 7.60. The van der Waals surface area contributed by atoms with Gasteiger partial charge < -0.3 is 16.0 Å². The van der Waals surface area contributed by atoms with Crippen molar-refractivity contribution < 1.29 is 9.09 Å². The predicted molar refractivity (Wildman–Crippen MR) is 46.5 cm³/mol. The molecular weight excluding hydrogens is 163 g/mol. The number of rotatable bonds is 4. The van der Waals surface area contributed by atoms with Crippen molar-refractivity contribution in [3.05, 3.63) is 0 Å². The summed E-state index contributed by atoms with van der Waals surface area (Å²) in [6, 6.07) is 0. The molecule has 0 radical (unpaired) electrons. The Bertz CT molecular complexity index is 147. The van der Waals surface area contributed by atoms with Gasteiger partial charge in [-0.25, -0.2) is 0 Å². The SMILES string of the molecule is CCOP(=O)(C(C)N)C(C)N. The standard InChI is InChI=1S/C6H17N2O2P/c1-4-10-11(9,5(2)7)6(3)8/h5-6H,4,7-8H2,1-3H3. The second kappa shape index (κ2) is 4.21. The van der Waals surface area contributed by atoms with E-state index in [0.717, 1.165) is 0 Å². The van der Waals surface area contributed by atoms with Crippen LogP contribution in [0.4, 0.5) is 0 Å². The van der Waals surface area contributed by atoms with Gasteiger partial charge in [0, 0.05) is 0 Å². The molecule has 0 aliphatic rings. The van der Waals surface area contributed by atoms with Crippen LogP contribution in [-0.4, -0.2) is 18.2 Å². The topological polar surface area (TPSA) is 78.3 Å². The Kier molecular flexibility index (Phi) is 4.26. The summed E-state index contributed by atoms with van der Waals surface area (Å²) in [7, 11) is -2.81. The molecule has 5 heteroatoms. The molecule has 0 saturated carbocycles. The van der Waals surface area contributed by atoms with E-state index in [4.69, 9.17) is 16.0 Å². The van der Waals surface area contributed by atoms with Gasteiger partial charge in [-0.1, -0.05) is 0 Å². The fraction of sp³-hybridized carbons (Fsp3) is 1.00.